The van der Waals surface area contributed by atoms with E-state index in [1.807, 2.05) is 16.8 Å². The molecule has 1 atom stereocenters. The number of benzene rings is 2. The number of methoxy groups -OCH3 is 1. The molecular weight excluding hydrogens is 496 g/mol. The number of carbonyl (C=O) groups excluding carboxylic acids is 3. The minimum atomic E-state index is -0.707. The van der Waals surface area contributed by atoms with Crippen molar-refractivity contribution in [2.45, 2.75) is 50.2 Å². The van der Waals surface area contributed by atoms with Gasteiger partial charge < -0.3 is 26.0 Å². The van der Waals surface area contributed by atoms with Crippen molar-refractivity contribution >= 4 is 28.6 Å². The zero-order valence-electron chi connectivity index (χ0n) is 22.1. The summed E-state index contributed by atoms with van der Waals surface area (Å²) in [6, 6.07) is 11.7. The number of rotatable bonds is 9. The lowest BCUT2D eigenvalue weighted by Gasteiger charge is -2.20. The van der Waals surface area contributed by atoms with Gasteiger partial charge in [-0.1, -0.05) is 18.2 Å². The normalized spacial score (nSPS) is 19.5. The first-order valence-electron chi connectivity index (χ1n) is 13.7. The van der Waals surface area contributed by atoms with Crippen molar-refractivity contribution in [3.63, 3.8) is 0 Å². The van der Waals surface area contributed by atoms with Gasteiger partial charge >= 0.3 is 11.8 Å². The van der Waals surface area contributed by atoms with Crippen molar-refractivity contribution in [1.82, 2.24) is 31.0 Å². The maximum atomic E-state index is 13.5. The Labute approximate surface area is 226 Å². The van der Waals surface area contributed by atoms with Gasteiger partial charge in [-0.15, -0.1) is 0 Å². The second-order valence-corrected chi connectivity index (χ2v) is 10.9. The first-order valence-corrected chi connectivity index (χ1v) is 13.7. The van der Waals surface area contributed by atoms with E-state index in [4.69, 9.17) is 9.84 Å². The Hall–Kier alpha value is -3.92. The Morgan fingerprint density at radius 2 is 1.90 bits per heavy atom. The van der Waals surface area contributed by atoms with Crippen LogP contribution in [0.3, 0.4) is 0 Å². The summed E-state index contributed by atoms with van der Waals surface area (Å²) < 4.78 is 7.69. The molecule has 1 saturated heterocycles. The molecule has 6 rings (SSSR count). The lowest BCUT2D eigenvalue weighted by Crippen LogP contribution is -2.42. The van der Waals surface area contributed by atoms with Crippen LogP contribution < -0.4 is 26.0 Å². The number of nitrogens with one attached hydrogen (secondary N) is 4. The minimum Gasteiger partial charge on any atom is -0.494 e. The van der Waals surface area contributed by atoms with Crippen LogP contribution in [0.2, 0.25) is 0 Å². The van der Waals surface area contributed by atoms with Crippen molar-refractivity contribution in [1.29, 1.82) is 0 Å². The summed E-state index contributed by atoms with van der Waals surface area (Å²) in [5.41, 5.74) is 2.46. The van der Waals surface area contributed by atoms with E-state index in [0.717, 1.165) is 61.7 Å². The first-order chi connectivity index (χ1) is 19.0. The Kier molecular flexibility index (Phi) is 6.72. The number of amides is 3. The molecule has 1 aliphatic heterocycles. The highest BCUT2D eigenvalue weighted by Crippen LogP contribution is 2.48. The van der Waals surface area contributed by atoms with Gasteiger partial charge in [0, 0.05) is 30.2 Å². The maximum absolute atomic E-state index is 13.5. The van der Waals surface area contributed by atoms with Crippen LogP contribution in [-0.2, 0) is 21.7 Å². The van der Waals surface area contributed by atoms with Crippen LogP contribution in [0.4, 0.5) is 0 Å². The standard InChI is InChI=1S/C29H34N6O4/c1-39-24-13-21(12-20-17-35(22-6-7-22)34-25(20)24)29(9-10-29)33-26(36)23-5-3-2-4-19(23)16-32-28(38)27(37)31-15-18-8-11-30-14-18/h2-5,12-13,17-18,22,30H,6-11,14-16H2,1H3,(H,31,37)(H,32,38)(H,33,36)/t18-/m1/s1. The fourth-order valence-electron chi connectivity index (χ4n) is 5.33. The third kappa shape index (κ3) is 5.34. The second-order valence-electron chi connectivity index (χ2n) is 10.9. The summed E-state index contributed by atoms with van der Waals surface area (Å²) in [5, 5.41) is 17.6. The highest BCUT2D eigenvalue weighted by Gasteiger charge is 2.46. The number of fused-ring (bicyclic) bond motifs is 1. The summed E-state index contributed by atoms with van der Waals surface area (Å²) in [6.07, 6.45) is 6.98. The maximum Gasteiger partial charge on any atom is 0.309 e. The molecular formula is C29H34N6O4. The fraction of sp³-hybridized carbons (Fsp3) is 0.448. The molecule has 4 N–H and O–H groups in total. The minimum absolute atomic E-state index is 0.0773. The van der Waals surface area contributed by atoms with Crippen LogP contribution in [0, 0.1) is 5.92 Å². The molecule has 3 amide bonds. The topological polar surface area (TPSA) is 126 Å². The number of nitrogens with zero attached hydrogens (tertiary/aromatic N) is 2. The van der Waals surface area contributed by atoms with Gasteiger partial charge in [0.25, 0.3) is 5.91 Å². The molecule has 204 valence electrons. The first kappa shape index (κ1) is 25.4. The third-order valence-corrected chi connectivity index (χ3v) is 8.01. The number of hydrogen-bond donors (Lipinski definition) is 4. The van der Waals surface area contributed by atoms with E-state index in [1.54, 1.807) is 25.3 Å². The molecule has 2 saturated carbocycles. The largest absolute Gasteiger partial charge is 0.494 e. The molecule has 0 bridgehead atoms. The number of ether oxygens (including phenoxy) is 1. The highest BCUT2D eigenvalue weighted by molar-refractivity contribution is 6.35. The average Bonchev–Trinajstić information content (AvgIpc) is 3.85. The summed E-state index contributed by atoms with van der Waals surface area (Å²) >= 11 is 0. The lowest BCUT2D eigenvalue weighted by atomic mass is 10.0. The highest BCUT2D eigenvalue weighted by atomic mass is 16.5. The van der Waals surface area contributed by atoms with E-state index in [2.05, 4.69) is 33.5 Å². The molecule has 3 aromatic rings. The zero-order valence-corrected chi connectivity index (χ0v) is 22.1. The molecule has 10 heteroatoms. The Balaban J connectivity index is 1.13. The van der Waals surface area contributed by atoms with Crippen LogP contribution in [0.15, 0.2) is 42.6 Å². The fourth-order valence-corrected chi connectivity index (χ4v) is 5.33. The Morgan fingerprint density at radius 3 is 2.62 bits per heavy atom. The van der Waals surface area contributed by atoms with Crippen molar-refractivity contribution < 1.29 is 19.1 Å². The van der Waals surface area contributed by atoms with Crippen LogP contribution in [0.1, 0.15) is 59.6 Å². The SMILES string of the molecule is COc1cc(C2(NC(=O)c3ccccc3CNC(=O)C(=O)NC[C@@H]3CCNC3)CC2)cc2cn(C3CC3)nc12. The molecule has 39 heavy (non-hydrogen) atoms. The molecule has 2 aliphatic carbocycles. The van der Waals surface area contributed by atoms with Crippen LogP contribution >= 0.6 is 0 Å². The van der Waals surface area contributed by atoms with Crippen molar-refractivity contribution in [3.8, 4) is 5.75 Å². The van der Waals surface area contributed by atoms with Crippen molar-refractivity contribution in [3.05, 3.63) is 59.3 Å². The van der Waals surface area contributed by atoms with E-state index < -0.39 is 17.4 Å². The van der Waals surface area contributed by atoms with Crippen LogP contribution in [-0.4, -0.2) is 54.2 Å². The van der Waals surface area contributed by atoms with Gasteiger partial charge in [0.15, 0.2) is 0 Å². The zero-order chi connectivity index (χ0) is 27.0. The van der Waals surface area contributed by atoms with E-state index in [-0.39, 0.29) is 12.5 Å². The predicted octanol–water partition coefficient (Wildman–Crippen LogP) is 2.14. The number of carbonyl (C=O) groups is 3. The average molecular weight is 531 g/mol. The third-order valence-electron chi connectivity index (χ3n) is 8.01. The predicted molar refractivity (Wildman–Crippen MR) is 145 cm³/mol. The second kappa shape index (κ2) is 10.3. The quantitative estimate of drug-likeness (QED) is 0.314. The van der Waals surface area contributed by atoms with E-state index in [9.17, 15) is 14.4 Å². The summed E-state index contributed by atoms with van der Waals surface area (Å²) in [7, 11) is 1.64. The van der Waals surface area contributed by atoms with Crippen molar-refractivity contribution in [2.75, 3.05) is 26.7 Å². The van der Waals surface area contributed by atoms with Gasteiger partial charge in [-0.2, -0.15) is 5.10 Å². The van der Waals surface area contributed by atoms with Gasteiger partial charge in [0.1, 0.15) is 11.3 Å². The molecule has 0 unspecified atom stereocenters. The summed E-state index contributed by atoms with van der Waals surface area (Å²) in [6.45, 7) is 2.32. The van der Waals surface area contributed by atoms with Gasteiger partial charge in [-0.3, -0.25) is 19.1 Å². The number of aromatic nitrogens is 2. The van der Waals surface area contributed by atoms with E-state index in [0.29, 0.717) is 35.4 Å². The molecule has 0 spiro atoms. The molecule has 10 nitrogen and oxygen atoms in total. The molecule has 3 fully saturated rings. The monoisotopic (exact) mass is 530 g/mol. The molecule has 0 radical (unpaired) electrons. The van der Waals surface area contributed by atoms with Gasteiger partial charge in [0.2, 0.25) is 0 Å². The summed E-state index contributed by atoms with van der Waals surface area (Å²) in [5.74, 6) is -0.538. The molecule has 3 aliphatic rings. The molecule has 2 heterocycles. The lowest BCUT2D eigenvalue weighted by molar-refractivity contribution is -0.139. The van der Waals surface area contributed by atoms with Gasteiger partial charge in [-0.05, 0) is 80.4 Å². The van der Waals surface area contributed by atoms with Crippen molar-refractivity contribution in [2.24, 2.45) is 5.92 Å². The summed E-state index contributed by atoms with van der Waals surface area (Å²) in [4.78, 5) is 38.1. The van der Waals surface area contributed by atoms with Gasteiger partial charge in [0.05, 0.1) is 18.7 Å². The molecule has 2 aromatic carbocycles. The Morgan fingerprint density at radius 1 is 1.10 bits per heavy atom. The van der Waals surface area contributed by atoms with Gasteiger partial charge in [-0.25, -0.2) is 0 Å². The van der Waals surface area contributed by atoms with Crippen LogP contribution in [0.25, 0.3) is 10.9 Å². The number of hydrogen-bond acceptors (Lipinski definition) is 6. The Bertz CT molecular complexity index is 1420. The molecule has 1 aromatic heterocycles. The van der Waals surface area contributed by atoms with E-state index in [1.165, 1.54) is 0 Å². The smallest absolute Gasteiger partial charge is 0.309 e. The van der Waals surface area contributed by atoms with E-state index >= 15 is 0 Å². The van der Waals surface area contributed by atoms with Crippen LogP contribution in [0.5, 0.6) is 5.75 Å².